The number of para-hydroxylation sites is 1. The molecule has 1 fully saturated rings. The van der Waals surface area contributed by atoms with E-state index in [1.807, 2.05) is 12.3 Å². The number of benzene rings is 1. The summed E-state index contributed by atoms with van der Waals surface area (Å²) in [5, 5.41) is 1.17. The normalized spacial score (nSPS) is 22.9. The molecule has 0 amide bonds. The molecule has 1 saturated carbocycles. The topological polar surface area (TPSA) is 50.9 Å². The molecular formula is C15H19N3. The first kappa shape index (κ1) is 11.6. The van der Waals surface area contributed by atoms with Gasteiger partial charge in [-0.2, -0.15) is 0 Å². The van der Waals surface area contributed by atoms with Crippen molar-refractivity contribution >= 4 is 10.9 Å². The third-order valence-electron chi connectivity index (χ3n) is 4.17. The van der Waals surface area contributed by atoms with E-state index in [9.17, 15) is 0 Å². The Kier molecular flexibility index (Phi) is 2.61. The van der Waals surface area contributed by atoms with E-state index in [1.54, 1.807) is 0 Å². The number of hydrazine groups is 1. The number of nitrogens with zero attached hydrogens (tertiary/aromatic N) is 1. The first-order chi connectivity index (χ1) is 8.63. The van der Waals surface area contributed by atoms with Crippen molar-refractivity contribution in [2.75, 3.05) is 0 Å². The number of rotatable bonds is 3. The predicted molar refractivity (Wildman–Crippen MR) is 73.7 cm³/mol. The molecule has 1 aliphatic carbocycles. The van der Waals surface area contributed by atoms with Crippen molar-refractivity contribution in [3.05, 3.63) is 42.1 Å². The van der Waals surface area contributed by atoms with Crippen LogP contribution in [0.25, 0.3) is 10.9 Å². The van der Waals surface area contributed by atoms with E-state index in [2.05, 4.69) is 48.5 Å². The fraction of sp³-hybridized carbons (Fsp3) is 0.400. The highest BCUT2D eigenvalue weighted by Gasteiger charge is 2.50. The molecule has 0 saturated heterocycles. The summed E-state index contributed by atoms with van der Waals surface area (Å²) in [6, 6.07) is 10.6. The first-order valence-corrected chi connectivity index (χ1v) is 6.43. The Balaban J connectivity index is 2.08. The maximum absolute atomic E-state index is 5.78. The first-order valence-electron chi connectivity index (χ1n) is 6.43. The molecule has 3 rings (SSSR count). The molecule has 3 N–H and O–H groups in total. The molecular weight excluding hydrogens is 222 g/mol. The Morgan fingerprint density at radius 3 is 2.72 bits per heavy atom. The van der Waals surface area contributed by atoms with Crippen LogP contribution >= 0.6 is 0 Å². The molecule has 3 heteroatoms. The zero-order valence-corrected chi connectivity index (χ0v) is 10.9. The molecule has 1 aliphatic rings. The van der Waals surface area contributed by atoms with E-state index < -0.39 is 0 Å². The van der Waals surface area contributed by atoms with Crippen LogP contribution in [-0.2, 0) is 0 Å². The van der Waals surface area contributed by atoms with Gasteiger partial charge in [-0.05, 0) is 29.4 Å². The maximum atomic E-state index is 5.78. The van der Waals surface area contributed by atoms with Gasteiger partial charge in [0.15, 0.2) is 0 Å². The van der Waals surface area contributed by atoms with E-state index in [0.29, 0.717) is 11.3 Å². The smallest absolute Gasteiger partial charge is 0.0750 e. The van der Waals surface area contributed by atoms with Gasteiger partial charge in [0.05, 0.1) is 11.6 Å². The third kappa shape index (κ3) is 1.80. The zero-order chi connectivity index (χ0) is 12.8. The van der Waals surface area contributed by atoms with Crippen molar-refractivity contribution in [3.63, 3.8) is 0 Å². The molecule has 0 radical (unpaired) electrons. The van der Waals surface area contributed by atoms with Gasteiger partial charge >= 0.3 is 0 Å². The molecule has 2 aromatic rings. The fourth-order valence-electron chi connectivity index (χ4n) is 2.88. The number of fused-ring (bicyclic) bond motifs is 1. The van der Waals surface area contributed by atoms with Crippen LogP contribution < -0.4 is 11.3 Å². The van der Waals surface area contributed by atoms with Gasteiger partial charge in [0.2, 0.25) is 0 Å². The Bertz CT molecular complexity index is 571. The second-order valence-electron chi connectivity index (χ2n) is 5.87. The van der Waals surface area contributed by atoms with E-state index in [1.165, 1.54) is 17.4 Å². The molecule has 1 aromatic carbocycles. The highest BCUT2D eigenvalue weighted by molar-refractivity contribution is 5.82. The SMILES string of the molecule is CC1(C)CC1C(NN)c1cccc2cccnc12. The number of aromatic nitrogens is 1. The van der Waals surface area contributed by atoms with E-state index >= 15 is 0 Å². The monoisotopic (exact) mass is 241 g/mol. The van der Waals surface area contributed by atoms with Crippen LogP contribution in [0.3, 0.4) is 0 Å². The molecule has 1 aromatic heterocycles. The Morgan fingerprint density at radius 2 is 2.06 bits per heavy atom. The van der Waals surface area contributed by atoms with Crippen LogP contribution in [0.2, 0.25) is 0 Å². The minimum atomic E-state index is 0.193. The molecule has 0 aliphatic heterocycles. The van der Waals surface area contributed by atoms with Crippen molar-refractivity contribution in [1.29, 1.82) is 0 Å². The number of hydrogen-bond donors (Lipinski definition) is 2. The lowest BCUT2D eigenvalue weighted by molar-refractivity contribution is 0.424. The van der Waals surface area contributed by atoms with Crippen molar-refractivity contribution in [3.8, 4) is 0 Å². The van der Waals surface area contributed by atoms with E-state index in [0.717, 1.165) is 5.52 Å². The number of hydrogen-bond acceptors (Lipinski definition) is 3. The molecule has 2 atom stereocenters. The molecule has 3 nitrogen and oxygen atoms in total. The summed E-state index contributed by atoms with van der Waals surface area (Å²) in [4.78, 5) is 4.51. The minimum absolute atomic E-state index is 0.193. The van der Waals surface area contributed by atoms with Gasteiger partial charge in [0.1, 0.15) is 0 Å². The highest BCUT2D eigenvalue weighted by atomic mass is 15.2. The summed E-state index contributed by atoms with van der Waals surface area (Å²) in [6.07, 6.45) is 3.06. The largest absolute Gasteiger partial charge is 0.271 e. The second kappa shape index (κ2) is 4.04. The van der Waals surface area contributed by atoms with Gasteiger partial charge in [-0.25, -0.2) is 0 Å². The van der Waals surface area contributed by atoms with Crippen LogP contribution in [0.4, 0.5) is 0 Å². The average molecular weight is 241 g/mol. The number of nitrogens with two attached hydrogens (primary N) is 1. The summed E-state index contributed by atoms with van der Waals surface area (Å²) < 4.78 is 0. The Labute approximate surface area is 107 Å². The summed E-state index contributed by atoms with van der Waals surface area (Å²) >= 11 is 0. The molecule has 0 spiro atoms. The van der Waals surface area contributed by atoms with Crippen molar-refractivity contribution in [1.82, 2.24) is 10.4 Å². The predicted octanol–water partition coefficient (Wildman–Crippen LogP) is 2.79. The van der Waals surface area contributed by atoms with E-state index in [-0.39, 0.29) is 6.04 Å². The lowest BCUT2D eigenvalue weighted by Crippen LogP contribution is -2.30. The van der Waals surface area contributed by atoms with E-state index in [4.69, 9.17) is 5.84 Å². The van der Waals surface area contributed by atoms with Crippen molar-refractivity contribution in [2.45, 2.75) is 26.3 Å². The van der Waals surface area contributed by atoms with Gasteiger partial charge < -0.3 is 0 Å². The van der Waals surface area contributed by atoms with Gasteiger partial charge in [-0.15, -0.1) is 0 Å². The lowest BCUT2D eigenvalue weighted by Gasteiger charge is -2.19. The van der Waals surface area contributed by atoms with Crippen LogP contribution in [0.1, 0.15) is 31.9 Å². The van der Waals surface area contributed by atoms with Crippen LogP contribution in [0.15, 0.2) is 36.5 Å². The molecule has 0 bridgehead atoms. The van der Waals surface area contributed by atoms with Crippen LogP contribution in [-0.4, -0.2) is 4.98 Å². The van der Waals surface area contributed by atoms with Crippen molar-refractivity contribution in [2.24, 2.45) is 17.2 Å². The molecule has 2 unspecified atom stereocenters. The van der Waals surface area contributed by atoms with Gasteiger partial charge in [0.25, 0.3) is 0 Å². The van der Waals surface area contributed by atoms with Crippen molar-refractivity contribution < 1.29 is 0 Å². The maximum Gasteiger partial charge on any atom is 0.0750 e. The summed E-state index contributed by atoms with van der Waals surface area (Å²) in [7, 11) is 0. The van der Waals surface area contributed by atoms with Gasteiger partial charge in [-0.1, -0.05) is 38.1 Å². The van der Waals surface area contributed by atoms with Crippen LogP contribution in [0.5, 0.6) is 0 Å². The Morgan fingerprint density at radius 1 is 1.33 bits per heavy atom. The summed E-state index contributed by atoms with van der Waals surface area (Å²) in [5.41, 5.74) is 5.65. The minimum Gasteiger partial charge on any atom is -0.271 e. The lowest BCUT2D eigenvalue weighted by atomic mass is 9.95. The standard InChI is InChI=1S/C15H19N3/c1-15(2)9-12(15)14(18-16)11-7-3-5-10-6-4-8-17-13(10)11/h3-8,12,14,18H,9,16H2,1-2H3. The number of nitrogens with one attached hydrogen (secondary N) is 1. The second-order valence-corrected chi connectivity index (χ2v) is 5.87. The highest BCUT2D eigenvalue weighted by Crippen LogP contribution is 2.57. The fourth-order valence-corrected chi connectivity index (χ4v) is 2.88. The number of pyridine rings is 1. The average Bonchev–Trinajstić information content (AvgIpc) is 2.99. The van der Waals surface area contributed by atoms with Gasteiger partial charge in [0, 0.05) is 11.6 Å². The van der Waals surface area contributed by atoms with Gasteiger partial charge in [-0.3, -0.25) is 16.3 Å². The Hall–Kier alpha value is -1.45. The zero-order valence-electron chi connectivity index (χ0n) is 10.9. The summed E-state index contributed by atoms with van der Waals surface area (Å²) in [6.45, 7) is 4.58. The quantitative estimate of drug-likeness (QED) is 0.641. The van der Waals surface area contributed by atoms with Crippen LogP contribution in [0, 0.1) is 11.3 Å². The molecule has 18 heavy (non-hydrogen) atoms. The molecule has 94 valence electrons. The molecule has 1 heterocycles. The summed E-state index contributed by atoms with van der Waals surface area (Å²) in [5.74, 6) is 6.37. The third-order valence-corrected chi connectivity index (χ3v) is 4.17.